The van der Waals surface area contributed by atoms with Crippen molar-refractivity contribution in [2.75, 3.05) is 6.54 Å². The van der Waals surface area contributed by atoms with Gasteiger partial charge in [-0.2, -0.15) is 0 Å². The lowest BCUT2D eigenvalue weighted by molar-refractivity contribution is 0.0924. The van der Waals surface area contributed by atoms with Crippen molar-refractivity contribution in [3.05, 3.63) is 28.5 Å². The third kappa shape index (κ3) is 4.11. The minimum Gasteiger partial charge on any atom is -0.351 e. The van der Waals surface area contributed by atoms with E-state index in [1.165, 1.54) is 0 Å². The molecule has 4 heteroatoms. The van der Waals surface area contributed by atoms with Gasteiger partial charge in [-0.3, -0.25) is 4.79 Å². The average Bonchev–Trinajstić information content (AvgIpc) is 2.27. The van der Waals surface area contributed by atoms with E-state index in [4.69, 9.17) is 0 Å². The van der Waals surface area contributed by atoms with E-state index in [2.05, 4.69) is 53.9 Å². The predicted molar refractivity (Wildman–Crippen MR) is 72.9 cm³/mol. The molecule has 0 atom stereocenters. The van der Waals surface area contributed by atoms with Crippen LogP contribution < -0.4 is 5.32 Å². The first-order chi connectivity index (χ1) is 7.83. The number of pyridine rings is 1. The topological polar surface area (TPSA) is 42.0 Å². The summed E-state index contributed by atoms with van der Waals surface area (Å²) in [5, 5.41) is 2.95. The number of hydrogen-bond acceptors (Lipinski definition) is 2. The highest BCUT2D eigenvalue weighted by atomic mass is 79.9. The maximum Gasteiger partial charge on any atom is 0.252 e. The van der Waals surface area contributed by atoms with Gasteiger partial charge in [0.2, 0.25) is 0 Å². The molecule has 0 aliphatic carbocycles. The molecule has 0 aliphatic rings. The van der Waals surface area contributed by atoms with Crippen LogP contribution in [0, 0.1) is 11.3 Å². The Bertz CT molecular complexity index is 385. The predicted octanol–water partition coefficient (Wildman–Crippen LogP) is 3.26. The van der Waals surface area contributed by atoms with Crippen LogP contribution in [0.1, 0.15) is 38.1 Å². The van der Waals surface area contributed by atoms with Gasteiger partial charge in [0.05, 0.1) is 5.56 Å². The van der Waals surface area contributed by atoms with E-state index < -0.39 is 0 Å². The van der Waals surface area contributed by atoms with Crippen LogP contribution in [-0.2, 0) is 0 Å². The summed E-state index contributed by atoms with van der Waals surface area (Å²) >= 11 is 3.24. The van der Waals surface area contributed by atoms with E-state index in [1.54, 1.807) is 18.3 Å². The fourth-order valence-electron chi connectivity index (χ4n) is 1.12. The molecule has 0 saturated heterocycles. The molecule has 0 fully saturated rings. The number of amides is 1. The molecule has 1 rings (SSSR count). The lowest BCUT2D eigenvalue weighted by atomic mass is 9.81. The molecule has 1 aromatic rings. The zero-order valence-electron chi connectivity index (χ0n) is 10.7. The quantitative estimate of drug-likeness (QED) is 0.867. The van der Waals surface area contributed by atoms with Crippen molar-refractivity contribution in [1.82, 2.24) is 10.3 Å². The summed E-state index contributed by atoms with van der Waals surface area (Å²) in [7, 11) is 0. The fourth-order valence-corrected chi connectivity index (χ4v) is 1.36. The summed E-state index contributed by atoms with van der Waals surface area (Å²) in [5.74, 6) is 0.449. The number of aromatic nitrogens is 1. The van der Waals surface area contributed by atoms with Gasteiger partial charge < -0.3 is 5.32 Å². The first kappa shape index (κ1) is 14.2. The van der Waals surface area contributed by atoms with Gasteiger partial charge in [0, 0.05) is 12.7 Å². The van der Waals surface area contributed by atoms with E-state index in [9.17, 15) is 4.79 Å². The molecular formula is C13H19BrN2O. The van der Waals surface area contributed by atoms with Gasteiger partial charge in [0.15, 0.2) is 0 Å². The van der Waals surface area contributed by atoms with Crippen LogP contribution >= 0.6 is 15.9 Å². The lowest BCUT2D eigenvalue weighted by Gasteiger charge is -2.29. The molecule has 0 aliphatic heterocycles. The normalized spacial score (nSPS) is 11.6. The van der Waals surface area contributed by atoms with E-state index in [-0.39, 0.29) is 11.3 Å². The standard InChI is InChI=1S/C13H19BrN2O/c1-9(2)13(3,4)8-16-12(17)10-5-6-11(14)15-7-10/h5-7,9H,8H2,1-4H3,(H,16,17). The molecule has 1 aromatic heterocycles. The van der Waals surface area contributed by atoms with Gasteiger partial charge >= 0.3 is 0 Å². The second-order valence-electron chi connectivity index (χ2n) is 5.20. The molecule has 0 radical (unpaired) electrons. The summed E-state index contributed by atoms with van der Waals surface area (Å²) in [4.78, 5) is 15.9. The Hall–Kier alpha value is -0.900. The Labute approximate surface area is 111 Å². The van der Waals surface area contributed by atoms with Gasteiger partial charge in [-0.15, -0.1) is 0 Å². The second kappa shape index (κ2) is 5.63. The van der Waals surface area contributed by atoms with Crippen molar-refractivity contribution in [3.8, 4) is 0 Å². The Morgan fingerprint density at radius 2 is 2.12 bits per heavy atom. The number of halogens is 1. The lowest BCUT2D eigenvalue weighted by Crippen LogP contribution is -2.37. The number of carbonyl (C=O) groups is 1. The van der Waals surface area contributed by atoms with Crippen LogP contribution in [0.3, 0.4) is 0 Å². The van der Waals surface area contributed by atoms with Gasteiger partial charge in [-0.1, -0.05) is 27.7 Å². The van der Waals surface area contributed by atoms with Gasteiger partial charge in [0.1, 0.15) is 4.60 Å². The van der Waals surface area contributed by atoms with Crippen LogP contribution in [0.4, 0.5) is 0 Å². The average molecular weight is 299 g/mol. The SMILES string of the molecule is CC(C)C(C)(C)CNC(=O)c1ccc(Br)nc1. The first-order valence-corrected chi connectivity index (χ1v) is 6.52. The number of hydrogen-bond donors (Lipinski definition) is 1. The van der Waals surface area contributed by atoms with Crippen LogP contribution in [0.2, 0.25) is 0 Å². The van der Waals surface area contributed by atoms with E-state index in [0.29, 0.717) is 18.0 Å². The third-order valence-electron chi connectivity index (χ3n) is 3.26. The molecule has 3 nitrogen and oxygen atoms in total. The molecule has 0 unspecified atom stereocenters. The highest BCUT2D eigenvalue weighted by Crippen LogP contribution is 2.24. The van der Waals surface area contributed by atoms with E-state index in [1.807, 2.05) is 0 Å². The molecule has 94 valence electrons. The number of nitrogens with one attached hydrogen (secondary N) is 1. The van der Waals surface area contributed by atoms with E-state index in [0.717, 1.165) is 4.60 Å². The van der Waals surface area contributed by atoms with Crippen LogP contribution in [-0.4, -0.2) is 17.4 Å². The Morgan fingerprint density at radius 1 is 1.47 bits per heavy atom. The largest absolute Gasteiger partial charge is 0.351 e. The molecule has 1 N–H and O–H groups in total. The monoisotopic (exact) mass is 298 g/mol. The highest BCUT2D eigenvalue weighted by molar-refractivity contribution is 9.10. The summed E-state index contributed by atoms with van der Waals surface area (Å²) < 4.78 is 0.733. The molecule has 0 bridgehead atoms. The number of rotatable bonds is 4. The second-order valence-corrected chi connectivity index (χ2v) is 6.01. The maximum atomic E-state index is 11.9. The zero-order chi connectivity index (χ0) is 13.1. The summed E-state index contributed by atoms with van der Waals surface area (Å²) in [6.07, 6.45) is 1.57. The Balaban J connectivity index is 2.59. The minimum atomic E-state index is -0.0706. The number of nitrogens with zero attached hydrogens (tertiary/aromatic N) is 1. The molecule has 1 heterocycles. The molecule has 0 aromatic carbocycles. The smallest absolute Gasteiger partial charge is 0.252 e. The van der Waals surface area contributed by atoms with Crippen molar-refractivity contribution in [2.45, 2.75) is 27.7 Å². The van der Waals surface area contributed by atoms with Crippen molar-refractivity contribution in [3.63, 3.8) is 0 Å². The summed E-state index contributed by atoms with van der Waals surface area (Å²) in [6.45, 7) is 9.29. The summed E-state index contributed by atoms with van der Waals surface area (Å²) in [5.41, 5.74) is 0.686. The molecular weight excluding hydrogens is 280 g/mol. The van der Waals surface area contributed by atoms with Crippen molar-refractivity contribution in [1.29, 1.82) is 0 Å². The molecule has 0 spiro atoms. The van der Waals surface area contributed by atoms with Gasteiger partial charge in [-0.25, -0.2) is 4.98 Å². The van der Waals surface area contributed by atoms with Crippen LogP contribution in [0.25, 0.3) is 0 Å². The highest BCUT2D eigenvalue weighted by Gasteiger charge is 2.23. The fraction of sp³-hybridized carbons (Fsp3) is 0.538. The maximum absolute atomic E-state index is 11.9. The van der Waals surface area contributed by atoms with Crippen molar-refractivity contribution in [2.24, 2.45) is 11.3 Å². The molecule has 1 amide bonds. The van der Waals surface area contributed by atoms with Crippen molar-refractivity contribution < 1.29 is 4.79 Å². The van der Waals surface area contributed by atoms with Crippen molar-refractivity contribution >= 4 is 21.8 Å². The molecule has 17 heavy (non-hydrogen) atoms. The number of carbonyl (C=O) groups excluding carboxylic acids is 1. The summed E-state index contributed by atoms with van der Waals surface area (Å²) in [6, 6.07) is 3.53. The molecule has 0 saturated carbocycles. The first-order valence-electron chi connectivity index (χ1n) is 5.72. The minimum absolute atomic E-state index is 0.0706. The van der Waals surface area contributed by atoms with Crippen LogP contribution in [0.5, 0.6) is 0 Å². The Kier molecular flexibility index (Phi) is 4.69. The van der Waals surface area contributed by atoms with Gasteiger partial charge in [-0.05, 0) is 39.4 Å². The third-order valence-corrected chi connectivity index (χ3v) is 3.73. The Morgan fingerprint density at radius 3 is 2.59 bits per heavy atom. The van der Waals surface area contributed by atoms with E-state index >= 15 is 0 Å². The van der Waals surface area contributed by atoms with Gasteiger partial charge in [0.25, 0.3) is 5.91 Å². The zero-order valence-corrected chi connectivity index (χ0v) is 12.3. The van der Waals surface area contributed by atoms with Crippen LogP contribution in [0.15, 0.2) is 22.9 Å².